The number of hydrogen-bond acceptors (Lipinski definition) is 4. The van der Waals surface area contributed by atoms with E-state index < -0.39 is 8.32 Å². The minimum atomic E-state index is -1.66. The summed E-state index contributed by atoms with van der Waals surface area (Å²) in [5.41, 5.74) is 1.52. The Bertz CT molecular complexity index is 730. The maximum atomic E-state index is 6.50. The van der Waals surface area contributed by atoms with Gasteiger partial charge in [0.25, 0.3) is 0 Å². The molecule has 33 heavy (non-hydrogen) atoms. The summed E-state index contributed by atoms with van der Waals surface area (Å²) in [7, 11) is 0.0437. The molecular weight excluding hydrogens is 426 g/mol. The Morgan fingerprint density at radius 2 is 1.76 bits per heavy atom. The second kappa shape index (κ2) is 11.2. The average molecular weight is 476 g/mol. The fourth-order valence-electron chi connectivity index (χ4n) is 5.72. The topological polar surface area (TPSA) is 39.7 Å². The SMILES string of the molecule is COc1ccc(COC[C@@H](C)[C@@H]2CCC[C@@]23CCC[C@@H](CCO[Si](C)(C)C(C)(C)C)N3)cc1. The lowest BCUT2D eigenvalue weighted by Gasteiger charge is -2.46. The van der Waals surface area contributed by atoms with Crippen LogP contribution in [0.4, 0.5) is 0 Å². The van der Waals surface area contributed by atoms with Gasteiger partial charge in [0.05, 0.1) is 13.7 Å². The van der Waals surface area contributed by atoms with Gasteiger partial charge in [-0.2, -0.15) is 0 Å². The molecule has 0 unspecified atom stereocenters. The summed E-state index contributed by atoms with van der Waals surface area (Å²) < 4.78 is 17.9. The summed E-state index contributed by atoms with van der Waals surface area (Å²) in [6.45, 7) is 16.5. The molecule has 188 valence electrons. The Labute approximate surface area is 204 Å². The molecule has 0 aromatic heterocycles. The summed E-state index contributed by atoms with van der Waals surface area (Å²) in [4.78, 5) is 0. The standard InChI is InChI=1S/C28H49NO3Si/c1-22(20-31-21-23-12-14-25(30-5)15-13-23)26-11-9-18-28(26)17-8-10-24(29-28)16-19-32-33(6,7)27(2,3)4/h12-15,22,24,26,29H,8-11,16-21H2,1-7H3/t22-,24+,26+,28+/m1/s1. The molecule has 1 spiro atoms. The first-order chi connectivity index (χ1) is 15.6. The van der Waals surface area contributed by atoms with E-state index in [1.54, 1.807) is 7.11 Å². The summed E-state index contributed by atoms with van der Waals surface area (Å²) in [6.07, 6.45) is 9.08. The van der Waals surface area contributed by atoms with Gasteiger partial charge >= 0.3 is 0 Å². The van der Waals surface area contributed by atoms with Crippen LogP contribution in [0.3, 0.4) is 0 Å². The van der Waals surface area contributed by atoms with Crippen molar-refractivity contribution in [3.05, 3.63) is 29.8 Å². The van der Waals surface area contributed by atoms with Crippen molar-refractivity contribution in [3.63, 3.8) is 0 Å². The van der Waals surface area contributed by atoms with Gasteiger partial charge in [-0.3, -0.25) is 0 Å². The Balaban J connectivity index is 1.49. The molecule has 1 aliphatic carbocycles. The number of benzene rings is 1. The van der Waals surface area contributed by atoms with Crippen molar-refractivity contribution in [2.24, 2.45) is 11.8 Å². The fourth-order valence-corrected chi connectivity index (χ4v) is 6.78. The molecule has 1 heterocycles. The van der Waals surface area contributed by atoms with Crippen molar-refractivity contribution in [1.82, 2.24) is 5.32 Å². The number of rotatable bonds is 10. The maximum Gasteiger partial charge on any atom is 0.191 e. The molecule has 4 atom stereocenters. The van der Waals surface area contributed by atoms with E-state index in [1.807, 2.05) is 12.1 Å². The minimum absolute atomic E-state index is 0.284. The predicted molar refractivity (Wildman–Crippen MR) is 140 cm³/mol. The molecule has 3 rings (SSSR count). The number of hydrogen-bond donors (Lipinski definition) is 1. The summed E-state index contributed by atoms with van der Waals surface area (Å²) >= 11 is 0. The second-order valence-corrected chi connectivity index (χ2v) is 16.9. The molecule has 1 saturated carbocycles. The lowest BCUT2D eigenvalue weighted by molar-refractivity contribution is 0.0379. The Hall–Kier alpha value is -0.883. The van der Waals surface area contributed by atoms with Crippen LogP contribution in [0.5, 0.6) is 5.75 Å². The monoisotopic (exact) mass is 475 g/mol. The number of ether oxygens (including phenoxy) is 2. The molecule has 1 aromatic rings. The van der Waals surface area contributed by atoms with Gasteiger partial charge in [0, 0.05) is 24.8 Å². The van der Waals surface area contributed by atoms with Gasteiger partial charge in [-0.25, -0.2) is 0 Å². The average Bonchev–Trinajstić information content (AvgIpc) is 3.15. The highest BCUT2D eigenvalue weighted by atomic mass is 28.4. The van der Waals surface area contributed by atoms with Gasteiger partial charge < -0.3 is 19.2 Å². The van der Waals surface area contributed by atoms with Crippen molar-refractivity contribution in [2.75, 3.05) is 20.3 Å². The quantitative estimate of drug-likeness (QED) is 0.372. The van der Waals surface area contributed by atoms with Gasteiger partial charge in [-0.1, -0.05) is 52.7 Å². The van der Waals surface area contributed by atoms with E-state index in [0.717, 1.165) is 25.4 Å². The van der Waals surface area contributed by atoms with Crippen LogP contribution in [-0.4, -0.2) is 40.2 Å². The van der Waals surface area contributed by atoms with Crippen LogP contribution in [0.1, 0.15) is 78.2 Å². The highest BCUT2D eigenvalue weighted by Gasteiger charge is 2.47. The smallest absolute Gasteiger partial charge is 0.191 e. The van der Waals surface area contributed by atoms with E-state index >= 15 is 0 Å². The molecule has 0 radical (unpaired) electrons. The Morgan fingerprint density at radius 1 is 1.09 bits per heavy atom. The third-order valence-corrected chi connectivity index (χ3v) is 13.3. The second-order valence-electron chi connectivity index (χ2n) is 12.1. The van der Waals surface area contributed by atoms with Crippen LogP contribution in [0.25, 0.3) is 0 Å². The first-order valence-electron chi connectivity index (χ1n) is 13.2. The van der Waals surface area contributed by atoms with Gasteiger partial charge in [0.15, 0.2) is 8.32 Å². The lowest BCUT2D eigenvalue weighted by atomic mass is 9.73. The van der Waals surface area contributed by atoms with Gasteiger partial charge in [0.2, 0.25) is 0 Å². The molecule has 1 N–H and O–H groups in total. The first-order valence-corrected chi connectivity index (χ1v) is 16.1. The highest BCUT2D eigenvalue weighted by Crippen LogP contribution is 2.46. The van der Waals surface area contributed by atoms with Crippen molar-refractivity contribution in [2.45, 2.75) is 109 Å². The van der Waals surface area contributed by atoms with Crippen molar-refractivity contribution in [3.8, 4) is 5.75 Å². The largest absolute Gasteiger partial charge is 0.497 e. The van der Waals surface area contributed by atoms with Crippen LogP contribution in [0.15, 0.2) is 24.3 Å². The molecule has 1 aliphatic heterocycles. The molecule has 1 aromatic carbocycles. The zero-order valence-corrected chi connectivity index (χ0v) is 23.3. The van der Waals surface area contributed by atoms with Gasteiger partial charge in [0.1, 0.15) is 5.75 Å². The summed E-state index contributed by atoms with van der Waals surface area (Å²) in [5.74, 6) is 2.17. The van der Waals surface area contributed by atoms with Crippen molar-refractivity contribution >= 4 is 8.32 Å². The van der Waals surface area contributed by atoms with Crippen LogP contribution < -0.4 is 10.1 Å². The molecule has 4 nitrogen and oxygen atoms in total. The normalized spacial score (nSPS) is 27.1. The molecule has 5 heteroatoms. The predicted octanol–water partition coefficient (Wildman–Crippen LogP) is 6.94. The van der Waals surface area contributed by atoms with Crippen molar-refractivity contribution < 1.29 is 13.9 Å². The third-order valence-electron chi connectivity index (χ3n) is 8.75. The van der Waals surface area contributed by atoms with E-state index in [0.29, 0.717) is 30.0 Å². The third kappa shape index (κ3) is 6.84. The molecule has 2 aliphatic rings. The zero-order valence-electron chi connectivity index (χ0n) is 22.3. The van der Waals surface area contributed by atoms with E-state index in [4.69, 9.17) is 13.9 Å². The lowest BCUT2D eigenvalue weighted by Crippen LogP contribution is -2.57. The molecular formula is C28H49NO3Si. The molecule has 0 bridgehead atoms. The summed E-state index contributed by atoms with van der Waals surface area (Å²) in [6, 6.07) is 8.81. The number of nitrogens with one attached hydrogen (secondary N) is 1. The Morgan fingerprint density at radius 3 is 2.39 bits per heavy atom. The molecule has 1 saturated heterocycles. The van der Waals surface area contributed by atoms with Crippen LogP contribution >= 0.6 is 0 Å². The maximum absolute atomic E-state index is 6.50. The zero-order chi connectivity index (χ0) is 24.1. The molecule has 0 amide bonds. The molecule has 2 fully saturated rings. The van der Waals surface area contributed by atoms with Gasteiger partial charge in [-0.15, -0.1) is 0 Å². The van der Waals surface area contributed by atoms with Crippen LogP contribution in [-0.2, 0) is 15.8 Å². The van der Waals surface area contributed by atoms with Crippen molar-refractivity contribution in [1.29, 1.82) is 0 Å². The fraction of sp³-hybridized carbons (Fsp3) is 0.786. The van der Waals surface area contributed by atoms with Crippen LogP contribution in [0, 0.1) is 11.8 Å². The first kappa shape index (κ1) is 26.7. The summed E-state index contributed by atoms with van der Waals surface area (Å²) in [5, 5.41) is 4.46. The minimum Gasteiger partial charge on any atom is -0.497 e. The van der Waals surface area contributed by atoms with E-state index in [1.165, 1.54) is 44.1 Å². The Kier molecular flexibility index (Phi) is 9.10. The van der Waals surface area contributed by atoms with E-state index in [2.05, 4.69) is 58.2 Å². The van der Waals surface area contributed by atoms with Crippen LogP contribution in [0.2, 0.25) is 18.1 Å². The number of piperidine rings is 1. The van der Waals surface area contributed by atoms with Gasteiger partial charge in [-0.05, 0) is 79.8 Å². The van der Waals surface area contributed by atoms with E-state index in [-0.39, 0.29) is 5.04 Å². The number of methoxy groups -OCH3 is 1. The van der Waals surface area contributed by atoms with E-state index in [9.17, 15) is 0 Å². The highest BCUT2D eigenvalue weighted by molar-refractivity contribution is 6.74.